The lowest BCUT2D eigenvalue weighted by Crippen LogP contribution is -1.80. The minimum absolute atomic E-state index is 0.727. The number of rotatable bonds is 3. The van der Waals surface area contributed by atoms with E-state index in [0.29, 0.717) is 0 Å². The summed E-state index contributed by atoms with van der Waals surface area (Å²) in [6.45, 7) is 0. The molecule has 0 aliphatic carbocycles. The molecule has 50 valence electrons. The molecule has 0 fully saturated rings. The van der Waals surface area contributed by atoms with E-state index in [1.807, 2.05) is 6.07 Å². The largest absolute Gasteiger partial charge is 0.472 e. The van der Waals surface area contributed by atoms with E-state index in [4.69, 9.17) is 16.0 Å². The maximum absolute atomic E-state index is 5.49. The topological polar surface area (TPSA) is 13.1 Å². The van der Waals surface area contributed by atoms with Crippen LogP contribution in [0.4, 0.5) is 0 Å². The highest BCUT2D eigenvalue weighted by molar-refractivity contribution is 6.17. The summed E-state index contributed by atoms with van der Waals surface area (Å²) >= 11 is 5.49. The van der Waals surface area contributed by atoms with E-state index >= 15 is 0 Å². The highest BCUT2D eigenvalue weighted by atomic mass is 35.5. The highest BCUT2D eigenvalue weighted by Gasteiger charge is 1.91. The third kappa shape index (κ3) is 2.10. The number of alkyl halides is 1. The molecule has 0 spiro atoms. The molecule has 1 nitrogen and oxygen atoms in total. The van der Waals surface area contributed by atoms with Gasteiger partial charge in [-0.3, -0.25) is 0 Å². The predicted octanol–water partition coefficient (Wildman–Crippen LogP) is 2.45. The summed E-state index contributed by atoms with van der Waals surface area (Å²) in [4.78, 5) is 0. The normalized spacial score (nSPS) is 9.89. The Morgan fingerprint density at radius 2 is 2.44 bits per heavy atom. The molecule has 0 aliphatic rings. The number of halogens is 1. The Kier molecular flexibility index (Phi) is 2.65. The van der Waals surface area contributed by atoms with Crippen LogP contribution >= 0.6 is 11.6 Å². The molecule has 1 heterocycles. The second-order valence-corrected chi connectivity index (χ2v) is 2.30. The molecule has 0 aliphatic heterocycles. The maximum Gasteiger partial charge on any atom is 0.0934 e. The van der Waals surface area contributed by atoms with Gasteiger partial charge in [0.15, 0.2) is 0 Å². The third-order valence-corrected chi connectivity index (χ3v) is 1.45. The smallest absolute Gasteiger partial charge is 0.0934 e. The van der Waals surface area contributed by atoms with Crippen molar-refractivity contribution in [3.8, 4) is 0 Å². The molecule has 1 aromatic heterocycles. The van der Waals surface area contributed by atoms with Gasteiger partial charge in [0.05, 0.1) is 12.5 Å². The summed E-state index contributed by atoms with van der Waals surface area (Å²) in [7, 11) is 0. The highest BCUT2D eigenvalue weighted by Crippen LogP contribution is 2.03. The molecule has 2 heteroatoms. The minimum atomic E-state index is 0.727. The first-order valence-corrected chi connectivity index (χ1v) is 3.54. The summed E-state index contributed by atoms with van der Waals surface area (Å²) in [6.07, 6.45) is 5.50. The van der Waals surface area contributed by atoms with Crippen LogP contribution in [0.2, 0.25) is 0 Å². The standard InChI is InChI=1S/C7H9ClO/c8-4-1-2-7-3-5-9-6-7/h3,5-6H,1-2,4H2. The molecule has 0 radical (unpaired) electrons. The fourth-order valence-electron chi connectivity index (χ4n) is 0.706. The van der Waals surface area contributed by atoms with Gasteiger partial charge >= 0.3 is 0 Å². The van der Waals surface area contributed by atoms with E-state index in [1.165, 1.54) is 5.56 Å². The Labute approximate surface area is 59.6 Å². The zero-order chi connectivity index (χ0) is 6.53. The van der Waals surface area contributed by atoms with E-state index in [0.717, 1.165) is 18.7 Å². The van der Waals surface area contributed by atoms with Crippen LogP contribution in [0.25, 0.3) is 0 Å². The van der Waals surface area contributed by atoms with Crippen molar-refractivity contribution in [1.82, 2.24) is 0 Å². The molecule has 0 bridgehead atoms. The average Bonchev–Trinajstić information content (AvgIpc) is 2.34. The van der Waals surface area contributed by atoms with Crippen LogP contribution in [0.1, 0.15) is 12.0 Å². The molecule has 0 saturated heterocycles. The molecule has 0 saturated carbocycles. The number of furan rings is 1. The summed E-state index contributed by atoms with van der Waals surface area (Å²) in [5.74, 6) is 0.727. The predicted molar refractivity (Wildman–Crippen MR) is 37.7 cm³/mol. The van der Waals surface area contributed by atoms with E-state index < -0.39 is 0 Å². The monoisotopic (exact) mass is 144 g/mol. The second-order valence-electron chi connectivity index (χ2n) is 1.92. The van der Waals surface area contributed by atoms with Crippen LogP contribution in [0.3, 0.4) is 0 Å². The van der Waals surface area contributed by atoms with Crippen LogP contribution in [0.15, 0.2) is 23.0 Å². The van der Waals surface area contributed by atoms with Gasteiger partial charge in [0.1, 0.15) is 0 Å². The molecule has 0 amide bonds. The van der Waals surface area contributed by atoms with Crippen molar-refractivity contribution >= 4 is 11.6 Å². The van der Waals surface area contributed by atoms with Gasteiger partial charge < -0.3 is 4.42 Å². The Bertz CT molecular complexity index is 146. The fourth-order valence-corrected chi connectivity index (χ4v) is 0.839. The molecule has 1 rings (SSSR count). The fraction of sp³-hybridized carbons (Fsp3) is 0.429. The first kappa shape index (κ1) is 6.69. The molecule has 1 aromatic rings. The average molecular weight is 145 g/mol. The quantitative estimate of drug-likeness (QED) is 0.594. The lowest BCUT2D eigenvalue weighted by atomic mass is 10.2. The van der Waals surface area contributed by atoms with Crippen molar-refractivity contribution < 1.29 is 4.42 Å². The van der Waals surface area contributed by atoms with Gasteiger partial charge in [-0.15, -0.1) is 11.6 Å². The molecular formula is C7H9ClO. The molecule has 0 atom stereocenters. The van der Waals surface area contributed by atoms with E-state index in [2.05, 4.69) is 0 Å². The van der Waals surface area contributed by atoms with E-state index in [-0.39, 0.29) is 0 Å². The van der Waals surface area contributed by atoms with Gasteiger partial charge in [0, 0.05) is 5.88 Å². The van der Waals surface area contributed by atoms with Crippen molar-refractivity contribution in [1.29, 1.82) is 0 Å². The maximum atomic E-state index is 5.49. The molecule has 0 N–H and O–H groups in total. The van der Waals surface area contributed by atoms with Crippen LogP contribution in [0.5, 0.6) is 0 Å². The van der Waals surface area contributed by atoms with Gasteiger partial charge in [-0.1, -0.05) is 0 Å². The summed E-state index contributed by atoms with van der Waals surface area (Å²) in [6, 6.07) is 1.96. The van der Waals surface area contributed by atoms with Gasteiger partial charge in [0.25, 0.3) is 0 Å². The lowest BCUT2D eigenvalue weighted by molar-refractivity contribution is 0.563. The Morgan fingerprint density at radius 1 is 1.56 bits per heavy atom. The number of hydrogen-bond donors (Lipinski definition) is 0. The first-order valence-electron chi connectivity index (χ1n) is 3.00. The zero-order valence-corrected chi connectivity index (χ0v) is 5.90. The second kappa shape index (κ2) is 3.57. The molecule has 0 aromatic carbocycles. The van der Waals surface area contributed by atoms with Gasteiger partial charge in [0.2, 0.25) is 0 Å². The van der Waals surface area contributed by atoms with E-state index in [1.54, 1.807) is 12.5 Å². The van der Waals surface area contributed by atoms with Crippen molar-refractivity contribution in [2.45, 2.75) is 12.8 Å². The van der Waals surface area contributed by atoms with Crippen LogP contribution < -0.4 is 0 Å². The van der Waals surface area contributed by atoms with Gasteiger partial charge in [-0.25, -0.2) is 0 Å². The Balaban J connectivity index is 2.30. The molecular weight excluding hydrogens is 136 g/mol. The van der Waals surface area contributed by atoms with Crippen molar-refractivity contribution in [2.24, 2.45) is 0 Å². The lowest BCUT2D eigenvalue weighted by Gasteiger charge is -1.88. The SMILES string of the molecule is ClCCCc1ccoc1. The van der Waals surface area contributed by atoms with Gasteiger partial charge in [-0.05, 0) is 24.5 Å². The van der Waals surface area contributed by atoms with Crippen LogP contribution in [-0.2, 0) is 6.42 Å². The summed E-state index contributed by atoms with van der Waals surface area (Å²) in [5, 5.41) is 0. The van der Waals surface area contributed by atoms with Crippen molar-refractivity contribution in [3.05, 3.63) is 24.2 Å². The Morgan fingerprint density at radius 3 is 3.00 bits per heavy atom. The number of hydrogen-bond acceptors (Lipinski definition) is 1. The van der Waals surface area contributed by atoms with Crippen molar-refractivity contribution in [2.75, 3.05) is 5.88 Å². The van der Waals surface area contributed by atoms with Gasteiger partial charge in [-0.2, -0.15) is 0 Å². The van der Waals surface area contributed by atoms with E-state index in [9.17, 15) is 0 Å². The zero-order valence-electron chi connectivity index (χ0n) is 5.14. The Hall–Kier alpha value is -0.430. The molecule has 0 unspecified atom stereocenters. The molecule has 9 heavy (non-hydrogen) atoms. The summed E-state index contributed by atoms with van der Waals surface area (Å²) < 4.78 is 4.87. The van der Waals surface area contributed by atoms with Crippen LogP contribution in [0, 0.1) is 0 Å². The third-order valence-electron chi connectivity index (χ3n) is 1.18. The first-order chi connectivity index (χ1) is 4.43. The van der Waals surface area contributed by atoms with Crippen molar-refractivity contribution in [3.63, 3.8) is 0 Å². The minimum Gasteiger partial charge on any atom is -0.472 e. The van der Waals surface area contributed by atoms with Crippen LogP contribution in [-0.4, -0.2) is 5.88 Å². The number of aryl methyl sites for hydroxylation is 1. The summed E-state index contributed by atoms with van der Waals surface area (Å²) in [5.41, 5.74) is 1.23.